The van der Waals surface area contributed by atoms with Crippen LogP contribution in [0.4, 0.5) is 17.3 Å². The predicted octanol–water partition coefficient (Wildman–Crippen LogP) is 0.922. The van der Waals surface area contributed by atoms with Crippen molar-refractivity contribution in [1.29, 1.82) is 0 Å². The van der Waals surface area contributed by atoms with Crippen molar-refractivity contribution in [3.05, 3.63) is 22.2 Å². The molecule has 0 aliphatic carbocycles. The number of aromatic nitrogens is 1. The number of anilines is 2. The maximum absolute atomic E-state index is 11.6. The Kier molecular flexibility index (Phi) is 5.04. The third-order valence-electron chi connectivity index (χ3n) is 2.63. The lowest BCUT2D eigenvalue weighted by Crippen LogP contribution is -2.32. The third-order valence-corrected chi connectivity index (χ3v) is 2.63. The summed E-state index contributed by atoms with van der Waals surface area (Å²) >= 11 is 0. The average molecular weight is 267 g/mol. The molecule has 0 atom stereocenters. The van der Waals surface area contributed by atoms with Gasteiger partial charge in [-0.15, -0.1) is 0 Å². The minimum atomic E-state index is -0.539. The van der Waals surface area contributed by atoms with Crippen LogP contribution < -0.4 is 10.6 Å². The average Bonchev–Trinajstić information content (AvgIpc) is 2.43. The van der Waals surface area contributed by atoms with E-state index >= 15 is 0 Å². The first-order chi connectivity index (χ1) is 8.99. The number of carbonyl (C=O) groups excluding carboxylic acids is 1. The molecule has 0 aromatic carbocycles. The van der Waals surface area contributed by atoms with Gasteiger partial charge in [0.1, 0.15) is 5.82 Å². The number of carbonyl (C=O) groups is 1. The second-order valence-electron chi connectivity index (χ2n) is 3.83. The van der Waals surface area contributed by atoms with Crippen LogP contribution in [-0.4, -0.2) is 47.9 Å². The number of likely N-dealkylation sites (N-methyl/N-ethyl adjacent to an activating group) is 1. The Hall–Kier alpha value is -2.38. The maximum Gasteiger partial charge on any atom is 0.311 e. The number of nitrogens with zero attached hydrogens (tertiary/aromatic N) is 3. The van der Waals surface area contributed by atoms with E-state index in [0.717, 1.165) is 0 Å². The van der Waals surface area contributed by atoms with Crippen molar-refractivity contribution >= 4 is 23.2 Å². The van der Waals surface area contributed by atoms with Gasteiger partial charge in [-0.2, -0.15) is 0 Å². The fourth-order valence-electron chi connectivity index (χ4n) is 1.34. The van der Waals surface area contributed by atoms with Crippen LogP contribution in [0.25, 0.3) is 0 Å². The molecule has 19 heavy (non-hydrogen) atoms. The second-order valence-corrected chi connectivity index (χ2v) is 3.83. The molecule has 0 unspecified atom stereocenters. The monoisotopic (exact) mass is 267 g/mol. The molecule has 1 aromatic heterocycles. The zero-order valence-electron chi connectivity index (χ0n) is 11.1. The Morgan fingerprint density at radius 1 is 1.53 bits per heavy atom. The van der Waals surface area contributed by atoms with Crippen LogP contribution in [0.5, 0.6) is 0 Å². The number of hydrogen-bond donors (Lipinski definition) is 2. The maximum atomic E-state index is 11.6. The van der Waals surface area contributed by atoms with Crippen molar-refractivity contribution in [2.75, 3.05) is 37.8 Å². The summed E-state index contributed by atoms with van der Waals surface area (Å²) in [6, 6.07) is 2.85. The van der Waals surface area contributed by atoms with Crippen LogP contribution in [0, 0.1) is 10.1 Å². The molecule has 0 saturated heterocycles. The Bertz CT molecular complexity index is 477. The predicted molar refractivity (Wildman–Crippen MR) is 72.2 cm³/mol. The van der Waals surface area contributed by atoms with E-state index in [1.165, 1.54) is 17.0 Å². The largest absolute Gasteiger partial charge is 0.373 e. The highest BCUT2D eigenvalue weighted by atomic mass is 16.6. The number of nitrogens with one attached hydrogen (secondary N) is 2. The molecule has 1 rings (SSSR count). The topological polar surface area (TPSA) is 100 Å². The van der Waals surface area contributed by atoms with Gasteiger partial charge in [-0.05, 0) is 13.0 Å². The molecule has 0 fully saturated rings. The summed E-state index contributed by atoms with van der Waals surface area (Å²) in [5.41, 5.74) is -0.161. The Morgan fingerprint density at radius 2 is 2.21 bits per heavy atom. The van der Waals surface area contributed by atoms with Gasteiger partial charge in [0.05, 0.1) is 11.5 Å². The molecule has 8 nitrogen and oxygen atoms in total. The second kappa shape index (κ2) is 6.53. The molecule has 0 aliphatic heterocycles. The summed E-state index contributed by atoms with van der Waals surface area (Å²) in [5, 5.41) is 16.4. The lowest BCUT2D eigenvalue weighted by atomic mass is 10.3. The van der Waals surface area contributed by atoms with Gasteiger partial charge in [0.2, 0.25) is 11.7 Å². The summed E-state index contributed by atoms with van der Waals surface area (Å²) in [6.45, 7) is 2.39. The van der Waals surface area contributed by atoms with Crippen molar-refractivity contribution in [3.8, 4) is 0 Å². The molecule has 0 bridgehead atoms. The zero-order valence-corrected chi connectivity index (χ0v) is 11.1. The number of hydrogen-bond acceptors (Lipinski definition) is 6. The quantitative estimate of drug-likeness (QED) is 0.587. The lowest BCUT2D eigenvalue weighted by Gasteiger charge is -2.15. The van der Waals surface area contributed by atoms with Crippen molar-refractivity contribution in [2.45, 2.75) is 6.92 Å². The minimum absolute atomic E-state index is 0.0364. The van der Waals surface area contributed by atoms with E-state index in [1.54, 1.807) is 14.1 Å². The molecule has 0 aliphatic rings. The molecule has 1 heterocycles. The molecule has 0 spiro atoms. The van der Waals surface area contributed by atoms with Crippen LogP contribution in [0.1, 0.15) is 6.92 Å². The summed E-state index contributed by atoms with van der Waals surface area (Å²) in [5.74, 6) is 0.410. The fraction of sp³-hybridized carbons (Fsp3) is 0.455. The first-order valence-corrected chi connectivity index (χ1v) is 5.80. The standard InChI is InChI=1S/C11H17N5O3/c1-4-15(3)10(17)7-13-11-8(16(18)19)5-6-9(12-2)14-11/h5-6H,4,7H2,1-3H3,(H2,12,13,14). The van der Waals surface area contributed by atoms with Gasteiger partial charge in [-0.25, -0.2) is 4.98 Å². The van der Waals surface area contributed by atoms with Gasteiger partial charge in [0.15, 0.2) is 0 Å². The fourth-order valence-corrected chi connectivity index (χ4v) is 1.34. The first kappa shape index (κ1) is 14.7. The Labute approximate surface area is 111 Å². The summed E-state index contributed by atoms with van der Waals surface area (Å²) < 4.78 is 0. The normalized spacial score (nSPS) is 9.84. The third kappa shape index (κ3) is 3.80. The van der Waals surface area contributed by atoms with Crippen LogP contribution in [0.3, 0.4) is 0 Å². The molecule has 0 radical (unpaired) electrons. The van der Waals surface area contributed by atoms with Crippen LogP contribution >= 0.6 is 0 Å². The van der Waals surface area contributed by atoms with Crippen LogP contribution in [0.15, 0.2) is 12.1 Å². The molecule has 1 amide bonds. The minimum Gasteiger partial charge on any atom is -0.373 e. The highest BCUT2D eigenvalue weighted by molar-refractivity contribution is 5.81. The van der Waals surface area contributed by atoms with E-state index in [9.17, 15) is 14.9 Å². The summed E-state index contributed by atoms with van der Waals surface area (Å²) in [6.07, 6.45) is 0. The van der Waals surface area contributed by atoms with E-state index in [-0.39, 0.29) is 24.0 Å². The molecule has 104 valence electrons. The summed E-state index contributed by atoms with van der Waals surface area (Å²) in [7, 11) is 3.32. The Balaban J connectivity index is 2.86. The summed E-state index contributed by atoms with van der Waals surface area (Å²) in [4.78, 5) is 27.5. The molecule has 8 heteroatoms. The van der Waals surface area contributed by atoms with Gasteiger partial charge < -0.3 is 15.5 Å². The smallest absolute Gasteiger partial charge is 0.311 e. The molecular weight excluding hydrogens is 250 g/mol. The molecule has 2 N–H and O–H groups in total. The van der Waals surface area contributed by atoms with Gasteiger partial charge in [-0.1, -0.05) is 0 Å². The van der Waals surface area contributed by atoms with Gasteiger partial charge >= 0.3 is 5.69 Å². The van der Waals surface area contributed by atoms with Gasteiger partial charge in [0, 0.05) is 26.7 Å². The highest BCUT2D eigenvalue weighted by Crippen LogP contribution is 2.23. The van der Waals surface area contributed by atoms with Gasteiger partial charge in [0.25, 0.3) is 0 Å². The number of rotatable bonds is 6. The zero-order chi connectivity index (χ0) is 14.4. The van der Waals surface area contributed by atoms with E-state index in [0.29, 0.717) is 12.4 Å². The van der Waals surface area contributed by atoms with E-state index < -0.39 is 4.92 Å². The number of amides is 1. The number of nitro groups is 1. The lowest BCUT2D eigenvalue weighted by molar-refractivity contribution is -0.384. The molecule has 1 aromatic rings. The van der Waals surface area contributed by atoms with E-state index in [1.807, 2.05) is 6.92 Å². The van der Waals surface area contributed by atoms with Crippen molar-refractivity contribution < 1.29 is 9.72 Å². The van der Waals surface area contributed by atoms with Crippen molar-refractivity contribution in [3.63, 3.8) is 0 Å². The SMILES string of the molecule is CCN(C)C(=O)CNc1nc(NC)ccc1[N+](=O)[O-]. The van der Waals surface area contributed by atoms with Crippen molar-refractivity contribution in [1.82, 2.24) is 9.88 Å². The van der Waals surface area contributed by atoms with Gasteiger partial charge in [-0.3, -0.25) is 14.9 Å². The van der Waals surface area contributed by atoms with Crippen molar-refractivity contribution in [2.24, 2.45) is 0 Å². The van der Waals surface area contributed by atoms with E-state index in [2.05, 4.69) is 15.6 Å². The van der Waals surface area contributed by atoms with Crippen LogP contribution in [0.2, 0.25) is 0 Å². The highest BCUT2D eigenvalue weighted by Gasteiger charge is 2.17. The molecular formula is C11H17N5O3. The Morgan fingerprint density at radius 3 is 2.74 bits per heavy atom. The number of pyridine rings is 1. The first-order valence-electron chi connectivity index (χ1n) is 5.80. The molecule has 0 saturated carbocycles. The van der Waals surface area contributed by atoms with E-state index in [4.69, 9.17) is 0 Å². The van der Waals surface area contributed by atoms with Crippen LogP contribution in [-0.2, 0) is 4.79 Å².